The fourth-order valence-corrected chi connectivity index (χ4v) is 1.15. The molecule has 0 unspecified atom stereocenters. The van der Waals surface area contributed by atoms with Crippen LogP contribution in [0.2, 0.25) is 0 Å². The van der Waals surface area contributed by atoms with E-state index in [1.54, 1.807) is 6.20 Å². The van der Waals surface area contributed by atoms with Crippen molar-refractivity contribution in [3.8, 4) is 0 Å². The lowest BCUT2D eigenvalue weighted by Gasteiger charge is -2.24. The highest BCUT2D eigenvalue weighted by Gasteiger charge is 2.21. The van der Waals surface area contributed by atoms with Crippen molar-refractivity contribution < 1.29 is 4.74 Å². The van der Waals surface area contributed by atoms with Crippen molar-refractivity contribution in [1.29, 1.82) is 0 Å². The van der Waals surface area contributed by atoms with E-state index in [4.69, 9.17) is 4.74 Å². The first-order chi connectivity index (χ1) is 6.17. The van der Waals surface area contributed by atoms with Gasteiger partial charge in [0.25, 0.3) is 0 Å². The van der Waals surface area contributed by atoms with Crippen molar-refractivity contribution in [2.24, 2.45) is 0 Å². The molecule has 2 heteroatoms. The number of ether oxygens (including phenoxy) is 1. The zero-order chi connectivity index (χ0) is 9.73. The SMILES string of the molecule is CCCOC(C)(C)c1ccccn1. The maximum Gasteiger partial charge on any atom is 0.104 e. The summed E-state index contributed by atoms with van der Waals surface area (Å²) in [5.74, 6) is 0. The summed E-state index contributed by atoms with van der Waals surface area (Å²) in [5.41, 5.74) is 0.723. The quantitative estimate of drug-likeness (QED) is 0.709. The zero-order valence-corrected chi connectivity index (χ0v) is 8.58. The van der Waals surface area contributed by atoms with E-state index < -0.39 is 0 Å². The van der Waals surface area contributed by atoms with E-state index in [1.807, 2.05) is 32.0 Å². The standard InChI is InChI=1S/C11H17NO/c1-4-9-13-11(2,3)10-7-5-6-8-12-10/h5-8H,4,9H2,1-3H3. The average Bonchev–Trinajstić information content (AvgIpc) is 2.16. The number of aromatic nitrogens is 1. The van der Waals surface area contributed by atoms with E-state index >= 15 is 0 Å². The highest BCUT2D eigenvalue weighted by molar-refractivity contribution is 5.10. The Labute approximate surface area is 80.0 Å². The van der Waals surface area contributed by atoms with Gasteiger partial charge in [0, 0.05) is 12.8 Å². The molecule has 0 N–H and O–H groups in total. The summed E-state index contributed by atoms with van der Waals surface area (Å²) in [5, 5.41) is 0. The van der Waals surface area contributed by atoms with Crippen molar-refractivity contribution >= 4 is 0 Å². The summed E-state index contributed by atoms with van der Waals surface area (Å²) in [6.45, 7) is 6.98. The van der Waals surface area contributed by atoms with Crippen LogP contribution < -0.4 is 0 Å². The fourth-order valence-electron chi connectivity index (χ4n) is 1.15. The van der Waals surface area contributed by atoms with E-state index in [1.165, 1.54) is 0 Å². The third-order valence-corrected chi connectivity index (χ3v) is 1.95. The van der Waals surface area contributed by atoms with E-state index in [0.717, 1.165) is 18.7 Å². The molecule has 1 aromatic heterocycles. The molecule has 0 aliphatic carbocycles. The number of pyridine rings is 1. The van der Waals surface area contributed by atoms with Gasteiger partial charge in [-0.3, -0.25) is 4.98 Å². The second-order valence-corrected chi connectivity index (χ2v) is 3.57. The van der Waals surface area contributed by atoms with Crippen LogP contribution in [0.5, 0.6) is 0 Å². The minimum Gasteiger partial charge on any atom is -0.369 e. The lowest BCUT2D eigenvalue weighted by molar-refractivity contribution is -0.0244. The van der Waals surface area contributed by atoms with Crippen LogP contribution in [0.15, 0.2) is 24.4 Å². The Balaban J connectivity index is 2.69. The van der Waals surface area contributed by atoms with Gasteiger partial charge < -0.3 is 4.74 Å². The van der Waals surface area contributed by atoms with Gasteiger partial charge in [0.1, 0.15) is 5.60 Å². The predicted molar refractivity (Wildman–Crippen MR) is 53.5 cm³/mol. The van der Waals surface area contributed by atoms with Crippen molar-refractivity contribution in [2.75, 3.05) is 6.61 Å². The molecule has 0 fully saturated rings. The molecule has 1 heterocycles. The Bertz CT molecular complexity index is 244. The van der Waals surface area contributed by atoms with Crippen molar-refractivity contribution in [1.82, 2.24) is 4.98 Å². The summed E-state index contributed by atoms with van der Waals surface area (Å²) in [4.78, 5) is 4.28. The second kappa shape index (κ2) is 4.38. The Hall–Kier alpha value is -0.890. The lowest BCUT2D eigenvalue weighted by Crippen LogP contribution is -2.23. The summed E-state index contributed by atoms with van der Waals surface area (Å²) < 4.78 is 5.70. The van der Waals surface area contributed by atoms with Crippen molar-refractivity contribution in [3.63, 3.8) is 0 Å². The Morgan fingerprint density at radius 2 is 2.15 bits per heavy atom. The van der Waals surface area contributed by atoms with Gasteiger partial charge in [0.2, 0.25) is 0 Å². The zero-order valence-electron chi connectivity index (χ0n) is 8.58. The molecule has 0 atom stereocenters. The third-order valence-electron chi connectivity index (χ3n) is 1.95. The van der Waals surface area contributed by atoms with Crippen LogP contribution in [0.3, 0.4) is 0 Å². The van der Waals surface area contributed by atoms with Crippen LogP contribution in [0, 0.1) is 0 Å². The fraction of sp³-hybridized carbons (Fsp3) is 0.545. The van der Waals surface area contributed by atoms with Crippen LogP contribution >= 0.6 is 0 Å². The molecule has 0 spiro atoms. The van der Waals surface area contributed by atoms with Gasteiger partial charge >= 0.3 is 0 Å². The number of rotatable bonds is 4. The molecule has 0 bridgehead atoms. The van der Waals surface area contributed by atoms with Gasteiger partial charge in [0.15, 0.2) is 0 Å². The van der Waals surface area contributed by atoms with Crippen LogP contribution in [-0.4, -0.2) is 11.6 Å². The van der Waals surface area contributed by atoms with Crippen LogP contribution in [0.1, 0.15) is 32.9 Å². The van der Waals surface area contributed by atoms with Crippen molar-refractivity contribution in [3.05, 3.63) is 30.1 Å². The molecule has 0 radical (unpaired) electrons. The smallest absolute Gasteiger partial charge is 0.104 e. The normalized spacial score (nSPS) is 11.6. The molecular formula is C11H17NO. The summed E-state index contributed by atoms with van der Waals surface area (Å²) in [7, 11) is 0. The predicted octanol–water partition coefficient (Wildman–Crippen LogP) is 2.74. The number of hydrogen-bond acceptors (Lipinski definition) is 2. The van der Waals surface area contributed by atoms with E-state index in [-0.39, 0.29) is 5.60 Å². The van der Waals surface area contributed by atoms with Gasteiger partial charge in [-0.1, -0.05) is 13.0 Å². The summed E-state index contributed by atoms with van der Waals surface area (Å²) in [6, 6.07) is 5.90. The Morgan fingerprint density at radius 1 is 1.38 bits per heavy atom. The van der Waals surface area contributed by atoms with Crippen LogP contribution in [-0.2, 0) is 10.3 Å². The first-order valence-corrected chi connectivity index (χ1v) is 4.72. The molecular weight excluding hydrogens is 162 g/mol. The van der Waals surface area contributed by atoms with Gasteiger partial charge in [-0.05, 0) is 32.4 Å². The third kappa shape index (κ3) is 2.81. The van der Waals surface area contributed by atoms with Gasteiger partial charge in [-0.25, -0.2) is 0 Å². The highest BCUT2D eigenvalue weighted by Crippen LogP contribution is 2.21. The van der Waals surface area contributed by atoms with Crippen molar-refractivity contribution in [2.45, 2.75) is 32.8 Å². The first kappa shape index (κ1) is 10.2. The van der Waals surface area contributed by atoms with E-state index in [2.05, 4.69) is 11.9 Å². The first-order valence-electron chi connectivity index (χ1n) is 4.72. The summed E-state index contributed by atoms with van der Waals surface area (Å²) in [6.07, 6.45) is 2.84. The molecule has 13 heavy (non-hydrogen) atoms. The van der Waals surface area contributed by atoms with Crippen LogP contribution in [0.25, 0.3) is 0 Å². The molecule has 72 valence electrons. The van der Waals surface area contributed by atoms with E-state index in [9.17, 15) is 0 Å². The molecule has 2 nitrogen and oxygen atoms in total. The minimum absolute atomic E-state index is 0.267. The number of hydrogen-bond donors (Lipinski definition) is 0. The molecule has 1 aromatic rings. The molecule has 0 aromatic carbocycles. The molecule has 0 saturated heterocycles. The van der Waals surface area contributed by atoms with Crippen LogP contribution in [0.4, 0.5) is 0 Å². The molecule has 0 aliphatic rings. The maximum atomic E-state index is 5.70. The highest BCUT2D eigenvalue weighted by atomic mass is 16.5. The largest absolute Gasteiger partial charge is 0.369 e. The number of nitrogens with zero attached hydrogens (tertiary/aromatic N) is 1. The van der Waals surface area contributed by atoms with Gasteiger partial charge in [-0.15, -0.1) is 0 Å². The molecule has 0 amide bonds. The second-order valence-electron chi connectivity index (χ2n) is 3.57. The van der Waals surface area contributed by atoms with Gasteiger partial charge in [0.05, 0.1) is 5.69 Å². The molecule has 1 rings (SSSR count). The Kier molecular flexibility index (Phi) is 3.43. The average molecular weight is 179 g/mol. The molecule has 0 saturated carbocycles. The summed E-state index contributed by atoms with van der Waals surface area (Å²) >= 11 is 0. The van der Waals surface area contributed by atoms with E-state index in [0.29, 0.717) is 0 Å². The monoisotopic (exact) mass is 179 g/mol. The minimum atomic E-state index is -0.267. The maximum absolute atomic E-state index is 5.70. The Morgan fingerprint density at radius 3 is 2.69 bits per heavy atom. The molecule has 0 aliphatic heterocycles. The van der Waals surface area contributed by atoms with Gasteiger partial charge in [-0.2, -0.15) is 0 Å². The lowest BCUT2D eigenvalue weighted by atomic mass is 10.0. The topological polar surface area (TPSA) is 22.1 Å².